The van der Waals surface area contributed by atoms with Crippen LogP contribution in [0.3, 0.4) is 0 Å². The number of unbranched alkanes of at least 4 members (excludes halogenated alkanes) is 8. The summed E-state index contributed by atoms with van der Waals surface area (Å²) >= 11 is 0. The molecule has 0 atom stereocenters. The fraction of sp³-hybridized carbons (Fsp3) is 0.483. The number of benzene rings is 2. The van der Waals surface area contributed by atoms with Gasteiger partial charge in [-0.3, -0.25) is 0 Å². The topological polar surface area (TPSA) is 39.4 Å². The number of halogens is 1. The van der Waals surface area contributed by atoms with Gasteiger partial charge in [-0.15, -0.1) is 0 Å². The third-order valence-corrected chi connectivity index (χ3v) is 6.15. The number of aryl methyl sites for hydroxylation is 1. The molecule has 0 spiro atoms. The number of rotatable bonds is 14. The molecule has 0 saturated carbocycles. The zero-order valence-electron chi connectivity index (χ0n) is 20.1. The van der Waals surface area contributed by atoms with Crippen molar-refractivity contribution in [2.24, 2.45) is 0 Å². The summed E-state index contributed by atoms with van der Waals surface area (Å²) in [4.78, 5) is 12.6. The molecule has 0 N–H and O–H groups in total. The van der Waals surface area contributed by atoms with E-state index in [1.165, 1.54) is 44.1 Å². The molecule has 2 aromatic carbocycles. The van der Waals surface area contributed by atoms with Crippen LogP contribution in [-0.4, -0.2) is 6.61 Å². The predicted octanol–water partition coefficient (Wildman–Crippen LogP) is 8.46. The van der Waals surface area contributed by atoms with Crippen LogP contribution in [0.5, 0.6) is 5.75 Å². The molecule has 0 aliphatic carbocycles. The Morgan fingerprint density at radius 1 is 0.818 bits per heavy atom. The van der Waals surface area contributed by atoms with Gasteiger partial charge in [-0.1, -0.05) is 95.5 Å². The summed E-state index contributed by atoms with van der Waals surface area (Å²) in [5.41, 5.74) is 1.43. The lowest BCUT2D eigenvalue weighted by atomic mass is 10.0. The van der Waals surface area contributed by atoms with Crippen LogP contribution in [0.15, 0.2) is 51.7 Å². The van der Waals surface area contributed by atoms with Gasteiger partial charge in [-0.05, 0) is 42.3 Å². The van der Waals surface area contributed by atoms with E-state index >= 15 is 0 Å². The van der Waals surface area contributed by atoms with E-state index in [0.717, 1.165) is 37.7 Å². The predicted molar refractivity (Wildman–Crippen MR) is 135 cm³/mol. The molecule has 1 aromatic heterocycles. The first-order valence-electron chi connectivity index (χ1n) is 12.6. The van der Waals surface area contributed by atoms with Crippen LogP contribution in [0.1, 0.15) is 83.6 Å². The van der Waals surface area contributed by atoms with Gasteiger partial charge in [0, 0.05) is 5.56 Å². The Hall–Kier alpha value is -2.62. The van der Waals surface area contributed by atoms with Gasteiger partial charge in [-0.25, -0.2) is 9.18 Å². The highest BCUT2D eigenvalue weighted by molar-refractivity contribution is 5.86. The summed E-state index contributed by atoms with van der Waals surface area (Å²) in [5, 5.41) is 0.470. The minimum atomic E-state index is -0.674. The summed E-state index contributed by atoms with van der Waals surface area (Å²) < 4.78 is 26.0. The number of hydrogen-bond acceptors (Lipinski definition) is 3. The first kappa shape index (κ1) is 25.0. The lowest BCUT2D eigenvalue weighted by Gasteiger charge is -2.09. The summed E-state index contributed by atoms with van der Waals surface area (Å²) in [6.07, 6.45) is 12.9. The maximum absolute atomic E-state index is 14.9. The molecule has 3 rings (SSSR count). The molecular weight excluding hydrogens is 415 g/mol. The van der Waals surface area contributed by atoms with Crippen molar-refractivity contribution in [2.45, 2.75) is 84.5 Å². The van der Waals surface area contributed by atoms with E-state index in [-0.39, 0.29) is 11.1 Å². The van der Waals surface area contributed by atoms with E-state index in [9.17, 15) is 9.18 Å². The van der Waals surface area contributed by atoms with Crippen LogP contribution in [0.4, 0.5) is 4.39 Å². The maximum atomic E-state index is 14.9. The summed E-state index contributed by atoms with van der Waals surface area (Å²) in [6.45, 7) is 4.82. The highest BCUT2D eigenvalue weighted by atomic mass is 19.1. The van der Waals surface area contributed by atoms with Crippen molar-refractivity contribution in [1.82, 2.24) is 0 Å². The molecule has 0 fully saturated rings. The van der Waals surface area contributed by atoms with Gasteiger partial charge in [-0.2, -0.15) is 0 Å². The van der Waals surface area contributed by atoms with Crippen LogP contribution in [0.25, 0.3) is 22.1 Å². The normalized spacial score (nSPS) is 11.2. The largest absolute Gasteiger partial charge is 0.490 e. The average Bonchev–Trinajstić information content (AvgIpc) is 2.82. The molecule has 0 radical (unpaired) electrons. The minimum Gasteiger partial charge on any atom is -0.490 e. The quantitative estimate of drug-likeness (QED) is 0.230. The van der Waals surface area contributed by atoms with Crippen molar-refractivity contribution in [3.8, 4) is 17.1 Å². The standard InChI is InChI=1S/C29H37FO3/c1-3-5-7-9-10-11-13-22-14-16-23(17-15-22)26-21-24-18-19-25(32-20-12-8-6-4-2)28(30)27(24)29(31)33-26/h14-19,21H,3-13,20H2,1-2H3. The van der Waals surface area contributed by atoms with Gasteiger partial charge in [0.25, 0.3) is 0 Å². The number of fused-ring (bicyclic) bond motifs is 1. The summed E-state index contributed by atoms with van der Waals surface area (Å²) in [7, 11) is 0. The van der Waals surface area contributed by atoms with Crippen LogP contribution in [-0.2, 0) is 6.42 Å². The molecule has 3 nitrogen and oxygen atoms in total. The highest BCUT2D eigenvalue weighted by Crippen LogP contribution is 2.28. The Balaban J connectivity index is 1.66. The number of hydrogen-bond donors (Lipinski definition) is 0. The molecule has 0 amide bonds. The van der Waals surface area contributed by atoms with E-state index in [1.807, 2.05) is 12.1 Å². The van der Waals surface area contributed by atoms with E-state index in [0.29, 0.717) is 17.8 Å². The van der Waals surface area contributed by atoms with Crippen molar-refractivity contribution in [3.05, 3.63) is 64.3 Å². The van der Waals surface area contributed by atoms with Crippen molar-refractivity contribution >= 4 is 10.8 Å². The third kappa shape index (κ3) is 7.18. The molecule has 0 unspecified atom stereocenters. The molecule has 178 valence electrons. The average molecular weight is 453 g/mol. The highest BCUT2D eigenvalue weighted by Gasteiger charge is 2.15. The van der Waals surface area contributed by atoms with Crippen molar-refractivity contribution < 1.29 is 13.5 Å². The van der Waals surface area contributed by atoms with E-state index in [4.69, 9.17) is 9.15 Å². The zero-order chi connectivity index (χ0) is 23.5. The zero-order valence-corrected chi connectivity index (χ0v) is 20.1. The summed E-state index contributed by atoms with van der Waals surface area (Å²) in [5.74, 6) is -0.0816. The fourth-order valence-corrected chi connectivity index (χ4v) is 4.13. The minimum absolute atomic E-state index is 0.0514. The molecule has 3 aromatic rings. The summed E-state index contributed by atoms with van der Waals surface area (Å²) in [6, 6.07) is 13.2. The van der Waals surface area contributed by atoms with Crippen molar-refractivity contribution in [1.29, 1.82) is 0 Å². The van der Waals surface area contributed by atoms with Crippen molar-refractivity contribution in [3.63, 3.8) is 0 Å². The van der Waals surface area contributed by atoms with Crippen LogP contribution >= 0.6 is 0 Å². The molecule has 1 heterocycles. The second-order valence-electron chi connectivity index (χ2n) is 8.86. The smallest absolute Gasteiger partial charge is 0.347 e. The second kappa shape index (κ2) is 13.2. The van der Waals surface area contributed by atoms with Gasteiger partial charge in [0.05, 0.1) is 6.61 Å². The first-order chi connectivity index (χ1) is 16.1. The lowest BCUT2D eigenvalue weighted by molar-refractivity contribution is 0.291. The van der Waals surface area contributed by atoms with Gasteiger partial charge in [0.15, 0.2) is 11.6 Å². The van der Waals surface area contributed by atoms with E-state index in [2.05, 4.69) is 26.0 Å². The van der Waals surface area contributed by atoms with E-state index < -0.39 is 11.4 Å². The Morgan fingerprint density at radius 2 is 1.48 bits per heavy atom. The van der Waals surface area contributed by atoms with Crippen LogP contribution in [0.2, 0.25) is 0 Å². The Labute approximate surface area is 197 Å². The second-order valence-corrected chi connectivity index (χ2v) is 8.86. The Morgan fingerprint density at radius 3 is 2.21 bits per heavy atom. The van der Waals surface area contributed by atoms with Gasteiger partial charge < -0.3 is 9.15 Å². The molecule has 33 heavy (non-hydrogen) atoms. The third-order valence-electron chi connectivity index (χ3n) is 6.15. The Kier molecular flexibility index (Phi) is 9.99. The lowest BCUT2D eigenvalue weighted by Crippen LogP contribution is -2.06. The van der Waals surface area contributed by atoms with Crippen LogP contribution in [0, 0.1) is 5.82 Å². The monoisotopic (exact) mass is 452 g/mol. The van der Waals surface area contributed by atoms with E-state index in [1.54, 1.807) is 18.2 Å². The van der Waals surface area contributed by atoms with Crippen molar-refractivity contribution in [2.75, 3.05) is 6.61 Å². The maximum Gasteiger partial charge on any atom is 0.347 e. The molecular formula is C29H37FO3. The molecule has 0 saturated heterocycles. The molecule has 0 aliphatic heterocycles. The molecule has 4 heteroatoms. The molecule has 0 bridgehead atoms. The molecule has 0 aliphatic rings. The van der Waals surface area contributed by atoms with Gasteiger partial charge in [0.2, 0.25) is 0 Å². The van der Waals surface area contributed by atoms with Crippen LogP contribution < -0.4 is 10.4 Å². The SMILES string of the molecule is CCCCCCCCc1ccc(-c2cc3ccc(OCCCCCC)c(F)c3c(=O)o2)cc1. The first-order valence-corrected chi connectivity index (χ1v) is 12.6. The van der Waals surface area contributed by atoms with Gasteiger partial charge >= 0.3 is 5.63 Å². The van der Waals surface area contributed by atoms with Gasteiger partial charge in [0.1, 0.15) is 11.1 Å². The number of ether oxygens (including phenoxy) is 1. The fourth-order valence-electron chi connectivity index (χ4n) is 4.13. The Bertz CT molecular complexity index is 1050.